The topological polar surface area (TPSA) is 86.8 Å². The van der Waals surface area contributed by atoms with E-state index in [1.54, 1.807) is 36.2 Å². The van der Waals surface area contributed by atoms with Gasteiger partial charge in [0.2, 0.25) is 15.9 Å². The predicted octanol–water partition coefficient (Wildman–Crippen LogP) is 4.19. The molecule has 0 bridgehead atoms. The lowest BCUT2D eigenvalue weighted by atomic mass is 9.95. The van der Waals surface area contributed by atoms with Crippen LogP contribution in [-0.2, 0) is 14.8 Å². The molecular formula is C24H31N3O4S2. The summed E-state index contributed by atoms with van der Waals surface area (Å²) in [6, 6.07) is 10.2. The molecule has 1 aromatic heterocycles. The Hall–Kier alpha value is -2.23. The van der Waals surface area contributed by atoms with E-state index in [4.69, 9.17) is 0 Å². The molecule has 2 aromatic rings. The van der Waals surface area contributed by atoms with Gasteiger partial charge in [0, 0.05) is 37.8 Å². The van der Waals surface area contributed by atoms with Crippen molar-refractivity contribution in [3.8, 4) is 0 Å². The van der Waals surface area contributed by atoms with Crippen LogP contribution >= 0.6 is 11.3 Å². The second-order valence-electron chi connectivity index (χ2n) is 8.87. The first-order valence-corrected chi connectivity index (χ1v) is 13.9. The first kappa shape index (κ1) is 23.9. The first-order chi connectivity index (χ1) is 15.9. The van der Waals surface area contributed by atoms with Gasteiger partial charge in [0.05, 0.1) is 9.77 Å². The molecule has 1 aliphatic carbocycles. The number of amides is 2. The minimum atomic E-state index is -3.55. The highest BCUT2D eigenvalue weighted by molar-refractivity contribution is 7.89. The summed E-state index contributed by atoms with van der Waals surface area (Å²) < 4.78 is 27.5. The van der Waals surface area contributed by atoms with Crippen LogP contribution in [0.5, 0.6) is 0 Å². The number of hydrogen-bond donors (Lipinski definition) is 1. The molecule has 9 heteroatoms. The van der Waals surface area contributed by atoms with E-state index in [1.165, 1.54) is 22.1 Å². The fraction of sp³-hybridized carbons (Fsp3) is 0.500. The van der Waals surface area contributed by atoms with Crippen molar-refractivity contribution < 1.29 is 18.0 Å². The fourth-order valence-corrected chi connectivity index (χ4v) is 6.77. The molecule has 1 saturated carbocycles. The average Bonchev–Trinajstić information content (AvgIpc) is 3.39. The zero-order valence-electron chi connectivity index (χ0n) is 18.9. The van der Waals surface area contributed by atoms with Crippen LogP contribution in [0.1, 0.15) is 54.6 Å². The molecule has 2 amide bonds. The Labute approximate surface area is 199 Å². The number of carbonyl (C=O) groups excluding carboxylic acids is 2. The minimum Gasteiger partial charge on any atom is -0.338 e. The van der Waals surface area contributed by atoms with E-state index >= 15 is 0 Å². The highest BCUT2D eigenvalue weighted by Gasteiger charge is 2.30. The van der Waals surface area contributed by atoms with Crippen LogP contribution in [0.3, 0.4) is 0 Å². The first-order valence-electron chi connectivity index (χ1n) is 11.6. The van der Waals surface area contributed by atoms with Crippen molar-refractivity contribution in [3.63, 3.8) is 0 Å². The van der Waals surface area contributed by atoms with Gasteiger partial charge in [-0.15, -0.1) is 11.3 Å². The molecule has 1 saturated heterocycles. The van der Waals surface area contributed by atoms with Crippen LogP contribution in [0.25, 0.3) is 0 Å². The third-order valence-corrected chi connectivity index (χ3v) is 9.55. The number of rotatable bonds is 6. The summed E-state index contributed by atoms with van der Waals surface area (Å²) in [6.45, 7) is 1.11. The van der Waals surface area contributed by atoms with E-state index in [0.29, 0.717) is 31.6 Å². The summed E-state index contributed by atoms with van der Waals surface area (Å²) >= 11 is 1.43. The van der Waals surface area contributed by atoms with Crippen molar-refractivity contribution in [1.82, 2.24) is 9.21 Å². The number of sulfonamides is 1. The van der Waals surface area contributed by atoms with Crippen molar-refractivity contribution >= 4 is 38.9 Å². The smallest absolute Gasteiger partial charge is 0.263 e. The Morgan fingerprint density at radius 2 is 1.67 bits per heavy atom. The normalized spacial score (nSPS) is 18.4. The molecule has 178 valence electrons. The monoisotopic (exact) mass is 489 g/mol. The predicted molar refractivity (Wildman–Crippen MR) is 130 cm³/mol. The van der Waals surface area contributed by atoms with Crippen molar-refractivity contribution in [1.29, 1.82) is 0 Å². The summed E-state index contributed by atoms with van der Waals surface area (Å²) in [4.78, 5) is 28.0. The number of thiophene rings is 1. The summed E-state index contributed by atoms with van der Waals surface area (Å²) in [6.07, 6.45) is 6.34. The number of hydrogen-bond acceptors (Lipinski definition) is 5. The Balaban J connectivity index is 1.31. The summed E-state index contributed by atoms with van der Waals surface area (Å²) in [5, 5.41) is 4.79. The summed E-state index contributed by atoms with van der Waals surface area (Å²) in [5.41, 5.74) is 0.580. The molecule has 2 fully saturated rings. The standard InChI is InChI=1S/C24H31N3O4S2/c1-26(20-6-3-2-4-7-20)33(30,31)21-11-9-19(10-12-21)25-23(28)18-13-15-27(16-14-18)24(29)22-8-5-17-32-22/h5,8-12,17-18,20H,2-4,6-7,13-16H2,1H3,(H,25,28). The second-order valence-corrected chi connectivity index (χ2v) is 11.8. The van der Waals surface area contributed by atoms with Gasteiger partial charge in [0.25, 0.3) is 5.91 Å². The van der Waals surface area contributed by atoms with Crippen LogP contribution in [-0.4, -0.2) is 55.6 Å². The van der Waals surface area contributed by atoms with Gasteiger partial charge < -0.3 is 10.2 Å². The van der Waals surface area contributed by atoms with Gasteiger partial charge >= 0.3 is 0 Å². The van der Waals surface area contributed by atoms with Crippen molar-refractivity contribution in [2.45, 2.75) is 55.9 Å². The Kier molecular flexibility index (Phi) is 7.51. The van der Waals surface area contributed by atoms with Crippen LogP contribution in [0, 0.1) is 5.92 Å². The van der Waals surface area contributed by atoms with E-state index in [1.807, 2.05) is 17.5 Å². The van der Waals surface area contributed by atoms with Gasteiger partial charge in [-0.05, 0) is 61.4 Å². The van der Waals surface area contributed by atoms with Crippen molar-refractivity contribution in [3.05, 3.63) is 46.7 Å². The third-order valence-electron chi connectivity index (χ3n) is 6.77. The molecule has 1 aromatic carbocycles. The Morgan fingerprint density at radius 3 is 2.27 bits per heavy atom. The molecule has 0 atom stereocenters. The lowest BCUT2D eigenvalue weighted by molar-refractivity contribution is -0.121. The van der Waals surface area contributed by atoms with Gasteiger partial charge in [-0.25, -0.2) is 8.42 Å². The Morgan fingerprint density at radius 1 is 1.00 bits per heavy atom. The van der Waals surface area contributed by atoms with Gasteiger partial charge in [-0.3, -0.25) is 9.59 Å². The zero-order valence-corrected chi connectivity index (χ0v) is 20.5. The van der Waals surface area contributed by atoms with E-state index in [0.717, 1.165) is 30.6 Å². The summed E-state index contributed by atoms with van der Waals surface area (Å²) in [7, 11) is -1.89. The number of nitrogens with zero attached hydrogens (tertiary/aromatic N) is 2. The maximum atomic E-state index is 13.0. The van der Waals surface area contributed by atoms with Gasteiger partial charge in [-0.1, -0.05) is 25.3 Å². The molecule has 0 spiro atoms. The number of likely N-dealkylation sites (tertiary alicyclic amines) is 1. The average molecular weight is 490 g/mol. The maximum absolute atomic E-state index is 13.0. The molecular weight excluding hydrogens is 458 g/mol. The molecule has 0 unspecified atom stereocenters. The molecule has 1 N–H and O–H groups in total. The quantitative estimate of drug-likeness (QED) is 0.659. The molecule has 7 nitrogen and oxygen atoms in total. The summed E-state index contributed by atoms with van der Waals surface area (Å²) in [5.74, 6) is -0.231. The van der Waals surface area contributed by atoms with Gasteiger partial charge in [0.1, 0.15) is 0 Å². The number of piperidine rings is 1. The SMILES string of the molecule is CN(C1CCCCC1)S(=O)(=O)c1ccc(NC(=O)C2CCN(C(=O)c3cccs3)CC2)cc1. The molecule has 33 heavy (non-hydrogen) atoms. The van der Waals surface area contributed by atoms with Crippen LogP contribution < -0.4 is 5.32 Å². The Bertz CT molecular complexity index is 1050. The lowest BCUT2D eigenvalue weighted by Gasteiger charge is -2.31. The molecule has 4 rings (SSSR count). The number of benzene rings is 1. The molecule has 2 aliphatic rings. The van der Waals surface area contributed by atoms with Crippen molar-refractivity contribution in [2.75, 3.05) is 25.5 Å². The lowest BCUT2D eigenvalue weighted by Crippen LogP contribution is -2.41. The number of carbonyl (C=O) groups is 2. The number of nitrogens with one attached hydrogen (secondary N) is 1. The number of anilines is 1. The third kappa shape index (κ3) is 5.47. The largest absolute Gasteiger partial charge is 0.338 e. The highest BCUT2D eigenvalue weighted by atomic mass is 32.2. The van der Waals surface area contributed by atoms with Crippen molar-refractivity contribution in [2.24, 2.45) is 5.92 Å². The van der Waals surface area contributed by atoms with Gasteiger partial charge in [0.15, 0.2) is 0 Å². The van der Waals surface area contributed by atoms with E-state index in [-0.39, 0.29) is 28.7 Å². The minimum absolute atomic E-state index is 0.0267. The van der Waals surface area contributed by atoms with Crippen LogP contribution in [0.15, 0.2) is 46.7 Å². The van der Waals surface area contributed by atoms with Gasteiger partial charge in [-0.2, -0.15) is 4.31 Å². The molecule has 0 radical (unpaired) electrons. The van der Waals surface area contributed by atoms with E-state index in [9.17, 15) is 18.0 Å². The molecule has 2 heterocycles. The zero-order chi connectivity index (χ0) is 23.4. The maximum Gasteiger partial charge on any atom is 0.263 e. The fourth-order valence-electron chi connectivity index (χ4n) is 4.66. The highest BCUT2D eigenvalue weighted by Crippen LogP contribution is 2.27. The van der Waals surface area contributed by atoms with E-state index in [2.05, 4.69) is 5.32 Å². The molecule has 1 aliphatic heterocycles. The van der Waals surface area contributed by atoms with Crippen LogP contribution in [0.4, 0.5) is 5.69 Å². The van der Waals surface area contributed by atoms with E-state index < -0.39 is 10.0 Å². The van der Waals surface area contributed by atoms with Crippen LogP contribution in [0.2, 0.25) is 0 Å². The second kappa shape index (κ2) is 10.4.